The van der Waals surface area contributed by atoms with Crippen LogP contribution in [-0.4, -0.2) is 39.7 Å². The Morgan fingerprint density at radius 3 is 1.49 bits per heavy atom. The predicted molar refractivity (Wildman–Crippen MR) is 238 cm³/mol. The smallest absolute Gasteiger partial charge is 0 e. The van der Waals surface area contributed by atoms with Crippen molar-refractivity contribution >= 4 is 46.7 Å². The van der Waals surface area contributed by atoms with Crippen molar-refractivity contribution in [3.63, 3.8) is 0 Å². The van der Waals surface area contributed by atoms with Gasteiger partial charge in [0.2, 0.25) is 23.2 Å². The number of aromatic amines is 1. The van der Waals surface area contributed by atoms with E-state index in [2.05, 4.69) is 35.7 Å². The molecule has 2 heterocycles. The first-order valence-corrected chi connectivity index (χ1v) is 21.0. The van der Waals surface area contributed by atoms with Crippen LogP contribution in [0.25, 0.3) is 39.2 Å². The van der Waals surface area contributed by atoms with E-state index in [1.807, 2.05) is 0 Å². The van der Waals surface area contributed by atoms with Crippen molar-refractivity contribution < 1.29 is 91.1 Å². The number of rotatable bonds is 10. The SMILES string of the molecule is O=C(C=Nc1c(F)c(F)c(F)c(F)c1F)c1cc(-c2ccccc2)[nH]c(=O)c1-c1ccccc1.O=C1CC=CC=C1c1ccc(-c2ccccc2)nc1C(=O)C=Nc1c(F)c(F)c(F)c(F)c1F.[CH3][Co].[Fe]. The van der Waals surface area contributed by atoms with Gasteiger partial charge in [-0.25, -0.2) is 58.9 Å². The van der Waals surface area contributed by atoms with E-state index in [0.29, 0.717) is 34.8 Å². The number of pyridine rings is 2. The topological polar surface area (TPSA) is 122 Å². The van der Waals surface area contributed by atoms with Gasteiger partial charge < -0.3 is 4.98 Å². The Morgan fingerprint density at radius 1 is 0.577 bits per heavy atom. The molecule has 0 amide bonds. The third-order valence-corrected chi connectivity index (χ3v) is 9.93. The largest absolute Gasteiger partial charge is 0 e. The van der Waals surface area contributed by atoms with Crippen molar-refractivity contribution in [1.82, 2.24) is 9.97 Å². The van der Waals surface area contributed by atoms with Gasteiger partial charge in [0.25, 0.3) is 5.56 Å². The maximum atomic E-state index is 13.9. The van der Waals surface area contributed by atoms with Gasteiger partial charge in [-0.15, -0.1) is 0 Å². The van der Waals surface area contributed by atoms with Gasteiger partial charge in [0.15, 0.2) is 52.3 Å². The van der Waals surface area contributed by atoms with Gasteiger partial charge >= 0.3 is 21.6 Å². The van der Waals surface area contributed by atoms with E-state index in [1.54, 1.807) is 115 Å². The van der Waals surface area contributed by atoms with E-state index in [4.69, 9.17) is 0 Å². The summed E-state index contributed by atoms with van der Waals surface area (Å²) in [7, 11) is 0. The van der Waals surface area contributed by atoms with Gasteiger partial charge in [-0.05, 0) is 29.3 Å². The van der Waals surface area contributed by atoms with Crippen LogP contribution in [0.5, 0.6) is 0 Å². The van der Waals surface area contributed by atoms with Crippen LogP contribution in [0.1, 0.15) is 32.8 Å². The van der Waals surface area contributed by atoms with Crippen molar-refractivity contribution in [1.29, 1.82) is 0 Å². The molecule has 0 fully saturated rings. The van der Waals surface area contributed by atoms with Crippen LogP contribution in [0.2, 0.25) is 5.86 Å². The maximum absolute atomic E-state index is 13.9. The molecule has 8 nitrogen and oxygen atoms in total. The summed E-state index contributed by atoms with van der Waals surface area (Å²) >= 11 is 3.56. The molecule has 1 aliphatic rings. The van der Waals surface area contributed by atoms with Gasteiger partial charge in [-0.2, -0.15) is 0 Å². The number of aliphatic imine (C=N–C) groups is 2. The Bertz CT molecular complexity index is 3300. The molecule has 20 heteroatoms. The average molecular weight is 1070 g/mol. The first-order chi connectivity index (χ1) is 33.6. The second-order valence-corrected chi connectivity index (χ2v) is 14.2. The van der Waals surface area contributed by atoms with Gasteiger partial charge in [0, 0.05) is 51.4 Å². The molecule has 1 aliphatic carbocycles. The number of aromatic nitrogens is 2. The molecule has 0 unspecified atom stereocenters. The minimum atomic E-state index is -2.34. The molecule has 71 heavy (non-hydrogen) atoms. The number of Topliss-reactive ketones (excluding diaryl/α,β-unsaturated/α-hetero) is 3. The minimum absolute atomic E-state index is 0. The van der Waals surface area contributed by atoms with E-state index in [9.17, 15) is 63.1 Å². The maximum Gasteiger partial charge on any atom is 0 e. The number of allylic oxidation sites excluding steroid dienone is 4. The second-order valence-electron chi connectivity index (χ2n) is 14.2. The monoisotopic (exact) mass is 1070 g/mol. The fraction of sp³-hybridized carbons (Fsp3) is 0.0392. The Balaban J connectivity index is 0.000000252. The van der Waals surface area contributed by atoms with Crippen LogP contribution in [0.4, 0.5) is 55.3 Å². The van der Waals surface area contributed by atoms with Crippen molar-refractivity contribution in [3.8, 4) is 33.6 Å². The Hall–Kier alpha value is -7.64. The zero-order valence-corrected chi connectivity index (χ0v) is 38.1. The van der Waals surface area contributed by atoms with Crippen molar-refractivity contribution in [2.45, 2.75) is 12.3 Å². The molecule has 0 aliphatic heterocycles. The quantitative estimate of drug-likeness (QED) is 0.0365. The summed E-state index contributed by atoms with van der Waals surface area (Å²) in [6.45, 7) is 0. The van der Waals surface area contributed by atoms with Crippen molar-refractivity contribution in [3.05, 3.63) is 213 Å². The number of carbonyl (C=O) groups excluding carboxylic acids is 3. The molecule has 0 saturated carbocycles. The molecule has 2 aromatic heterocycles. The predicted octanol–water partition coefficient (Wildman–Crippen LogP) is 12.5. The molecule has 364 valence electrons. The van der Waals surface area contributed by atoms with Gasteiger partial charge in [-0.1, -0.05) is 109 Å². The van der Waals surface area contributed by atoms with E-state index < -0.39 is 86.7 Å². The molecule has 0 atom stereocenters. The van der Waals surface area contributed by atoms with Crippen LogP contribution in [0.15, 0.2) is 142 Å². The van der Waals surface area contributed by atoms with Crippen molar-refractivity contribution in [2.75, 3.05) is 0 Å². The van der Waals surface area contributed by atoms with Gasteiger partial charge in [-0.3, -0.25) is 19.2 Å². The number of ketones is 3. The van der Waals surface area contributed by atoms with Crippen LogP contribution in [-0.2, 0) is 37.6 Å². The fourth-order valence-corrected chi connectivity index (χ4v) is 6.63. The minimum Gasteiger partial charge on any atom is 0 e. The Labute approximate surface area is 414 Å². The zero-order chi connectivity index (χ0) is 50.8. The molecule has 5 aromatic carbocycles. The zero-order valence-electron chi connectivity index (χ0n) is 35.9. The molecule has 1 N–H and O–H groups in total. The van der Waals surface area contributed by atoms with E-state index in [1.165, 1.54) is 18.2 Å². The third-order valence-electron chi connectivity index (χ3n) is 9.93. The van der Waals surface area contributed by atoms with Crippen LogP contribution < -0.4 is 5.56 Å². The summed E-state index contributed by atoms with van der Waals surface area (Å²) < 4.78 is 136. The summed E-state index contributed by atoms with van der Waals surface area (Å²) in [6, 6.07) is 29.8. The first kappa shape index (κ1) is 54.3. The number of H-pyrrole nitrogens is 1. The van der Waals surface area contributed by atoms with E-state index >= 15 is 0 Å². The molecule has 0 saturated heterocycles. The van der Waals surface area contributed by atoms with Gasteiger partial charge in [0.05, 0.1) is 23.7 Å². The van der Waals surface area contributed by atoms with Crippen molar-refractivity contribution in [2.24, 2.45) is 9.98 Å². The number of hydrogen-bond acceptors (Lipinski definition) is 7. The number of nitrogens with one attached hydrogen (secondary N) is 1. The first-order valence-electron chi connectivity index (χ1n) is 20.0. The molecular formula is C51H29CoF10FeN4O4. The fourth-order valence-electron chi connectivity index (χ4n) is 6.63. The molecule has 7 aromatic rings. The number of benzene rings is 5. The average Bonchev–Trinajstić information content (AvgIpc) is 3.39. The molecule has 0 bridgehead atoms. The second kappa shape index (κ2) is 24.3. The molecule has 8 rings (SSSR count). The third kappa shape index (κ3) is 11.9. The van der Waals surface area contributed by atoms with Crippen LogP contribution in [0.3, 0.4) is 0 Å². The summed E-state index contributed by atoms with van der Waals surface area (Å²) in [5.74, 6) is -22.7. The van der Waals surface area contributed by atoms with E-state index in [0.717, 1.165) is 0 Å². The van der Waals surface area contributed by atoms with Crippen LogP contribution in [0, 0.1) is 58.2 Å². The van der Waals surface area contributed by atoms with Gasteiger partial charge in [0.1, 0.15) is 17.1 Å². The molecular weight excluding hydrogens is 1040 g/mol. The summed E-state index contributed by atoms with van der Waals surface area (Å²) in [6.07, 6.45) is 5.65. The Kier molecular flexibility index (Phi) is 18.6. The molecule has 0 radical (unpaired) electrons. The summed E-state index contributed by atoms with van der Waals surface area (Å²) in [5.41, 5.74) is -1.61. The summed E-state index contributed by atoms with van der Waals surface area (Å²) in [4.78, 5) is 64.7. The number of carbonyl (C=O) groups is 3. The molecule has 0 spiro atoms. The summed E-state index contributed by atoms with van der Waals surface area (Å²) in [5, 5.41) is 0. The Morgan fingerprint density at radius 2 is 1.01 bits per heavy atom. The standard InChI is InChI=1S/2C25H13F5N2O2.CH3.Co.Fe/c26-19-20(27)22(29)24(23(30)21(19)28)31-12-17(33)15-11-16(13-7-3-1-4-8-13)32-25(34)18(15)14-9-5-2-6-10-14;26-19-20(27)22(29)25(23(30)21(19)28)31-12-18(34)24-15(14-8-4-5-9-17(14)33)10-11-16(32-24)13-6-2-1-3-7-13;;;/h1-12H,(H,32,34);1-8,10-12H,9H2;1H3;;. The number of nitrogens with zero attached hydrogens (tertiary/aromatic N) is 3. The van der Waals surface area contributed by atoms with E-state index in [-0.39, 0.29) is 62.9 Å². The van der Waals surface area contributed by atoms with Crippen LogP contribution >= 0.6 is 0 Å². The number of halogens is 10. The normalized spacial score (nSPS) is 11.9. The number of hydrogen-bond donors (Lipinski definition) is 1.